The standard InChI is InChI=1S/C18H22N2/c1-18(16-11-7-4-8-12-16)17(19-13-14-20(18)2)15-9-5-3-6-10-15/h3-12,17,19H,13-14H2,1-2H3. The van der Waals surface area contributed by atoms with E-state index < -0.39 is 0 Å². The van der Waals surface area contributed by atoms with Crippen LogP contribution in [0, 0.1) is 0 Å². The van der Waals surface area contributed by atoms with E-state index in [4.69, 9.17) is 0 Å². The summed E-state index contributed by atoms with van der Waals surface area (Å²) in [4.78, 5) is 2.47. The highest BCUT2D eigenvalue weighted by atomic mass is 15.3. The molecule has 1 heterocycles. The number of likely N-dealkylation sites (N-methyl/N-ethyl adjacent to an activating group) is 1. The molecule has 0 saturated carbocycles. The molecule has 2 aromatic carbocycles. The molecule has 1 saturated heterocycles. The highest BCUT2D eigenvalue weighted by Gasteiger charge is 2.42. The summed E-state index contributed by atoms with van der Waals surface area (Å²) >= 11 is 0. The Labute approximate surface area is 121 Å². The van der Waals surface area contributed by atoms with Crippen LogP contribution in [0.5, 0.6) is 0 Å². The molecule has 0 aliphatic carbocycles. The first-order chi connectivity index (χ1) is 9.73. The van der Waals surface area contributed by atoms with Gasteiger partial charge in [-0.2, -0.15) is 0 Å². The van der Waals surface area contributed by atoms with Gasteiger partial charge < -0.3 is 5.32 Å². The molecule has 2 nitrogen and oxygen atoms in total. The Kier molecular flexibility index (Phi) is 3.60. The zero-order valence-electron chi connectivity index (χ0n) is 12.2. The van der Waals surface area contributed by atoms with Crippen molar-refractivity contribution in [3.63, 3.8) is 0 Å². The molecular formula is C18H22N2. The van der Waals surface area contributed by atoms with Crippen LogP contribution in [-0.4, -0.2) is 25.0 Å². The van der Waals surface area contributed by atoms with Gasteiger partial charge in [-0.3, -0.25) is 4.90 Å². The third-order valence-electron chi connectivity index (χ3n) is 4.64. The fourth-order valence-electron chi connectivity index (χ4n) is 3.28. The Hall–Kier alpha value is -1.64. The zero-order chi connectivity index (χ0) is 14.0. The van der Waals surface area contributed by atoms with Crippen LogP contribution < -0.4 is 5.32 Å². The lowest BCUT2D eigenvalue weighted by Crippen LogP contribution is -2.57. The maximum Gasteiger partial charge on any atom is 0.0626 e. The van der Waals surface area contributed by atoms with Crippen molar-refractivity contribution < 1.29 is 0 Å². The Bertz CT molecular complexity index is 552. The van der Waals surface area contributed by atoms with Crippen molar-refractivity contribution in [2.24, 2.45) is 0 Å². The van der Waals surface area contributed by atoms with Gasteiger partial charge in [0, 0.05) is 13.1 Å². The second kappa shape index (κ2) is 5.39. The van der Waals surface area contributed by atoms with Crippen LogP contribution in [0.25, 0.3) is 0 Å². The van der Waals surface area contributed by atoms with E-state index in [9.17, 15) is 0 Å². The van der Waals surface area contributed by atoms with Crippen LogP contribution in [0.2, 0.25) is 0 Å². The maximum atomic E-state index is 3.71. The van der Waals surface area contributed by atoms with Gasteiger partial charge in [-0.25, -0.2) is 0 Å². The average molecular weight is 266 g/mol. The number of nitrogens with one attached hydrogen (secondary N) is 1. The molecule has 1 aliphatic rings. The van der Waals surface area contributed by atoms with Gasteiger partial charge in [0.1, 0.15) is 0 Å². The molecular weight excluding hydrogens is 244 g/mol. The summed E-state index contributed by atoms with van der Waals surface area (Å²) in [6.07, 6.45) is 0. The Morgan fingerprint density at radius 2 is 1.60 bits per heavy atom. The average Bonchev–Trinajstić information content (AvgIpc) is 2.52. The first-order valence-corrected chi connectivity index (χ1v) is 7.28. The van der Waals surface area contributed by atoms with Crippen molar-refractivity contribution in [1.29, 1.82) is 0 Å². The molecule has 1 N–H and O–H groups in total. The van der Waals surface area contributed by atoms with Crippen LogP contribution in [-0.2, 0) is 5.54 Å². The molecule has 1 aliphatic heterocycles. The van der Waals surface area contributed by atoms with E-state index in [0.717, 1.165) is 13.1 Å². The fraction of sp³-hybridized carbons (Fsp3) is 0.333. The lowest BCUT2D eigenvalue weighted by Gasteiger charge is -2.49. The minimum absolute atomic E-state index is 0.0269. The molecule has 0 bridgehead atoms. The van der Waals surface area contributed by atoms with E-state index in [-0.39, 0.29) is 5.54 Å². The Morgan fingerprint density at radius 1 is 1.00 bits per heavy atom. The van der Waals surface area contributed by atoms with E-state index in [0.29, 0.717) is 6.04 Å². The van der Waals surface area contributed by atoms with Crippen LogP contribution in [0.3, 0.4) is 0 Å². The number of benzene rings is 2. The third kappa shape index (κ3) is 2.15. The first kappa shape index (κ1) is 13.3. The van der Waals surface area contributed by atoms with Crippen molar-refractivity contribution in [1.82, 2.24) is 10.2 Å². The van der Waals surface area contributed by atoms with Gasteiger partial charge in [-0.05, 0) is 25.1 Å². The summed E-state index contributed by atoms with van der Waals surface area (Å²) < 4.78 is 0. The number of hydrogen-bond donors (Lipinski definition) is 1. The molecule has 3 rings (SSSR count). The van der Waals surface area contributed by atoms with E-state index in [2.05, 4.69) is 84.9 Å². The summed E-state index contributed by atoms with van der Waals surface area (Å²) in [7, 11) is 2.23. The van der Waals surface area contributed by atoms with E-state index in [1.807, 2.05) is 0 Å². The van der Waals surface area contributed by atoms with E-state index in [1.165, 1.54) is 11.1 Å². The predicted octanol–water partition coefficient (Wildman–Crippen LogP) is 3.18. The largest absolute Gasteiger partial charge is 0.307 e. The Morgan fingerprint density at radius 3 is 2.25 bits per heavy atom. The van der Waals surface area contributed by atoms with Gasteiger partial charge in [0.25, 0.3) is 0 Å². The molecule has 0 aromatic heterocycles. The molecule has 2 atom stereocenters. The highest BCUT2D eigenvalue weighted by molar-refractivity contribution is 5.33. The molecule has 0 radical (unpaired) electrons. The van der Waals surface area contributed by atoms with Crippen molar-refractivity contribution in [2.75, 3.05) is 20.1 Å². The van der Waals surface area contributed by atoms with Crippen LogP contribution in [0.1, 0.15) is 24.1 Å². The fourth-order valence-corrected chi connectivity index (χ4v) is 3.28. The SMILES string of the molecule is CN1CCNC(c2ccccc2)C1(C)c1ccccc1. The summed E-state index contributed by atoms with van der Waals surface area (Å²) in [5.41, 5.74) is 2.69. The lowest BCUT2D eigenvalue weighted by molar-refractivity contribution is 0.0547. The van der Waals surface area contributed by atoms with Crippen molar-refractivity contribution >= 4 is 0 Å². The monoisotopic (exact) mass is 266 g/mol. The van der Waals surface area contributed by atoms with Gasteiger partial charge >= 0.3 is 0 Å². The van der Waals surface area contributed by atoms with Gasteiger partial charge in [-0.15, -0.1) is 0 Å². The molecule has 2 unspecified atom stereocenters. The zero-order valence-corrected chi connectivity index (χ0v) is 12.2. The number of rotatable bonds is 2. The topological polar surface area (TPSA) is 15.3 Å². The summed E-state index contributed by atoms with van der Waals surface area (Å²) in [6, 6.07) is 21.9. The Balaban J connectivity index is 2.07. The smallest absolute Gasteiger partial charge is 0.0626 e. The summed E-state index contributed by atoms with van der Waals surface area (Å²) in [5, 5.41) is 3.71. The maximum absolute atomic E-state index is 3.71. The van der Waals surface area contributed by atoms with Crippen molar-refractivity contribution in [3.05, 3.63) is 71.8 Å². The number of piperazine rings is 1. The molecule has 0 spiro atoms. The number of nitrogens with zero attached hydrogens (tertiary/aromatic N) is 1. The van der Waals surface area contributed by atoms with Crippen LogP contribution in [0.15, 0.2) is 60.7 Å². The minimum atomic E-state index is -0.0269. The second-order valence-electron chi connectivity index (χ2n) is 5.73. The van der Waals surface area contributed by atoms with Gasteiger partial charge in [0.2, 0.25) is 0 Å². The molecule has 20 heavy (non-hydrogen) atoms. The first-order valence-electron chi connectivity index (χ1n) is 7.28. The highest BCUT2D eigenvalue weighted by Crippen LogP contribution is 2.41. The number of hydrogen-bond acceptors (Lipinski definition) is 2. The minimum Gasteiger partial charge on any atom is -0.307 e. The van der Waals surface area contributed by atoms with Gasteiger partial charge in [0.05, 0.1) is 11.6 Å². The normalized spacial score (nSPS) is 27.4. The predicted molar refractivity (Wildman–Crippen MR) is 83.6 cm³/mol. The summed E-state index contributed by atoms with van der Waals surface area (Å²) in [5.74, 6) is 0. The van der Waals surface area contributed by atoms with Crippen LogP contribution >= 0.6 is 0 Å². The molecule has 104 valence electrons. The second-order valence-corrected chi connectivity index (χ2v) is 5.73. The van der Waals surface area contributed by atoms with Gasteiger partial charge in [-0.1, -0.05) is 60.7 Å². The molecule has 0 amide bonds. The van der Waals surface area contributed by atoms with Gasteiger partial charge in [0.15, 0.2) is 0 Å². The van der Waals surface area contributed by atoms with Crippen molar-refractivity contribution in [2.45, 2.75) is 18.5 Å². The quantitative estimate of drug-likeness (QED) is 0.898. The third-order valence-corrected chi connectivity index (χ3v) is 4.64. The molecule has 2 aromatic rings. The summed E-state index contributed by atoms with van der Waals surface area (Å²) in [6.45, 7) is 4.43. The van der Waals surface area contributed by atoms with E-state index in [1.54, 1.807) is 0 Å². The molecule has 2 heteroatoms. The van der Waals surface area contributed by atoms with Crippen LogP contribution in [0.4, 0.5) is 0 Å². The lowest BCUT2D eigenvalue weighted by atomic mass is 9.78. The molecule has 1 fully saturated rings. The van der Waals surface area contributed by atoms with E-state index >= 15 is 0 Å². The van der Waals surface area contributed by atoms with Crippen molar-refractivity contribution in [3.8, 4) is 0 Å².